The summed E-state index contributed by atoms with van der Waals surface area (Å²) in [5.74, 6) is 1.35. The van der Waals surface area contributed by atoms with Gasteiger partial charge in [0.05, 0.1) is 12.7 Å². The molecule has 0 spiro atoms. The number of hydrogen-bond donors (Lipinski definition) is 1. The van der Waals surface area contributed by atoms with Gasteiger partial charge in [-0.15, -0.1) is 0 Å². The average Bonchev–Trinajstić information content (AvgIpc) is 2.64. The van der Waals surface area contributed by atoms with E-state index in [1.165, 1.54) is 6.42 Å². The summed E-state index contributed by atoms with van der Waals surface area (Å²) in [6.45, 7) is 7.56. The second kappa shape index (κ2) is 10.1. The van der Waals surface area contributed by atoms with Crippen LogP contribution in [0.4, 0.5) is 0 Å². The summed E-state index contributed by atoms with van der Waals surface area (Å²) in [4.78, 5) is 2.35. The fourth-order valence-electron chi connectivity index (χ4n) is 4.16. The molecule has 1 aliphatic heterocycles. The predicted octanol–water partition coefficient (Wildman–Crippen LogP) is 5.44. The van der Waals surface area contributed by atoms with Crippen LogP contribution in [-0.2, 0) is 4.74 Å². The van der Waals surface area contributed by atoms with Crippen molar-refractivity contribution in [3.8, 4) is 0 Å². The van der Waals surface area contributed by atoms with E-state index in [2.05, 4.69) is 18.7 Å². The summed E-state index contributed by atoms with van der Waals surface area (Å²) in [6.07, 6.45) is 0.459. The fourth-order valence-corrected chi connectivity index (χ4v) is 4.41. The molecule has 1 heterocycles. The zero-order chi connectivity index (χ0) is 20.1. The number of aliphatic hydroxyl groups is 1. The number of likely N-dealkylation sites (tertiary alicyclic amines) is 1. The molecule has 3 atom stereocenters. The van der Waals surface area contributed by atoms with Gasteiger partial charge >= 0.3 is 0 Å². The summed E-state index contributed by atoms with van der Waals surface area (Å²) < 4.78 is 6.19. The van der Waals surface area contributed by atoms with Gasteiger partial charge in [-0.05, 0) is 53.6 Å². The molecule has 3 nitrogen and oxygen atoms in total. The number of rotatable bonds is 7. The van der Waals surface area contributed by atoms with Crippen LogP contribution in [0.25, 0.3) is 0 Å². The summed E-state index contributed by atoms with van der Waals surface area (Å²) in [7, 11) is 0. The number of ether oxygens (including phenoxy) is 1. The molecule has 152 valence electrons. The standard InChI is InChI=1S/C23H29Cl2NO2/c1-16-11-17(2)13-26(12-16)14-22(27)15-28-23(18-3-7-20(24)8-4-18)19-5-9-21(25)10-6-19/h3-10,16-17,22-23,27H,11-15H2,1-2H3/t16-,17-,22-/m0/s1. The minimum absolute atomic E-state index is 0.273. The molecule has 0 unspecified atom stereocenters. The molecule has 1 aliphatic rings. The number of β-amino-alcohol motifs (C(OH)–C–C–N with tert-alkyl or cyclic N) is 1. The van der Waals surface area contributed by atoms with E-state index in [1.807, 2.05) is 48.5 Å². The molecule has 2 aromatic rings. The highest BCUT2D eigenvalue weighted by molar-refractivity contribution is 6.30. The third-order valence-electron chi connectivity index (χ3n) is 5.21. The van der Waals surface area contributed by atoms with E-state index in [-0.39, 0.29) is 12.7 Å². The third-order valence-corrected chi connectivity index (χ3v) is 5.72. The summed E-state index contributed by atoms with van der Waals surface area (Å²) in [5.41, 5.74) is 2.00. The van der Waals surface area contributed by atoms with Gasteiger partial charge < -0.3 is 14.7 Å². The molecule has 0 amide bonds. The van der Waals surface area contributed by atoms with Gasteiger partial charge in [0.1, 0.15) is 6.10 Å². The molecule has 5 heteroatoms. The maximum Gasteiger partial charge on any atom is 0.108 e. The second-order valence-corrected chi connectivity index (χ2v) is 9.01. The van der Waals surface area contributed by atoms with Crippen molar-refractivity contribution in [2.75, 3.05) is 26.2 Å². The first-order valence-corrected chi connectivity index (χ1v) is 10.7. The molecule has 2 aromatic carbocycles. The molecule has 0 radical (unpaired) electrons. The molecule has 0 bridgehead atoms. The van der Waals surface area contributed by atoms with Crippen LogP contribution in [0.15, 0.2) is 48.5 Å². The number of piperidine rings is 1. The van der Waals surface area contributed by atoms with E-state index in [0.717, 1.165) is 24.2 Å². The lowest BCUT2D eigenvalue weighted by atomic mass is 9.92. The second-order valence-electron chi connectivity index (χ2n) is 8.13. The van der Waals surface area contributed by atoms with E-state index in [1.54, 1.807) is 0 Å². The first-order valence-electron chi connectivity index (χ1n) is 9.93. The molecule has 1 N–H and O–H groups in total. The van der Waals surface area contributed by atoms with Crippen molar-refractivity contribution in [2.24, 2.45) is 11.8 Å². The molecular formula is C23H29Cl2NO2. The quantitative estimate of drug-likeness (QED) is 0.645. The van der Waals surface area contributed by atoms with Crippen molar-refractivity contribution >= 4 is 23.2 Å². The van der Waals surface area contributed by atoms with Crippen LogP contribution >= 0.6 is 23.2 Å². The van der Waals surface area contributed by atoms with Gasteiger partial charge in [-0.25, -0.2) is 0 Å². The number of hydrogen-bond acceptors (Lipinski definition) is 3. The van der Waals surface area contributed by atoms with E-state index in [4.69, 9.17) is 27.9 Å². The lowest BCUT2D eigenvalue weighted by Gasteiger charge is -2.36. The van der Waals surface area contributed by atoms with Crippen molar-refractivity contribution in [1.82, 2.24) is 4.90 Å². The minimum atomic E-state index is -0.528. The topological polar surface area (TPSA) is 32.7 Å². The Labute approximate surface area is 178 Å². The minimum Gasteiger partial charge on any atom is -0.389 e. The van der Waals surface area contributed by atoms with Crippen LogP contribution in [0, 0.1) is 11.8 Å². The van der Waals surface area contributed by atoms with Gasteiger partial charge in [0.2, 0.25) is 0 Å². The van der Waals surface area contributed by atoms with Gasteiger partial charge in [0, 0.05) is 29.7 Å². The Morgan fingerprint density at radius 2 is 1.39 bits per heavy atom. The van der Waals surface area contributed by atoms with E-state index >= 15 is 0 Å². The molecule has 1 saturated heterocycles. The van der Waals surface area contributed by atoms with Crippen molar-refractivity contribution in [1.29, 1.82) is 0 Å². The maximum atomic E-state index is 10.6. The third kappa shape index (κ3) is 6.20. The van der Waals surface area contributed by atoms with E-state index in [0.29, 0.717) is 28.4 Å². The Balaban J connectivity index is 1.65. The van der Waals surface area contributed by atoms with Crippen LogP contribution in [0.3, 0.4) is 0 Å². The lowest BCUT2D eigenvalue weighted by molar-refractivity contribution is -0.0163. The zero-order valence-corrected chi connectivity index (χ0v) is 18.0. The number of aliphatic hydroxyl groups excluding tert-OH is 1. The van der Waals surface area contributed by atoms with Crippen LogP contribution < -0.4 is 0 Å². The van der Waals surface area contributed by atoms with Crippen molar-refractivity contribution in [3.63, 3.8) is 0 Å². The fraction of sp³-hybridized carbons (Fsp3) is 0.478. The van der Waals surface area contributed by atoms with Crippen LogP contribution in [0.5, 0.6) is 0 Å². The molecule has 28 heavy (non-hydrogen) atoms. The van der Waals surface area contributed by atoms with Gasteiger partial charge in [0.25, 0.3) is 0 Å². The van der Waals surface area contributed by atoms with Gasteiger partial charge in [-0.2, -0.15) is 0 Å². The summed E-state index contributed by atoms with van der Waals surface area (Å²) in [5, 5.41) is 12.0. The Hall–Kier alpha value is -1.10. The number of benzene rings is 2. The smallest absolute Gasteiger partial charge is 0.108 e. The average molecular weight is 422 g/mol. The highest BCUT2D eigenvalue weighted by Gasteiger charge is 2.24. The SMILES string of the molecule is C[C@H]1C[C@H](C)CN(C[C@H](O)COC(c2ccc(Cl)cc2)c2ccc(Cl)cc2)C1. The van der Waals surface area contributed by atoms with Crippen LogP contribution in [0.2, 0.25) is 10.0 Å². The Kier molecular flexibility index (Phi) is 7.78. The molecule has 3 rings (SSSR count). The van der Waals surface area contributed by atoms with Crippen molar-refractivity contribution < 1.29 is 9.84 Å². The van der Waals surface area contributed by atoms with Gasteiger partial charge in [-0.3, -0.25) is 0 Å². The monoisotopic (exact) mass is 421 g/mol. The summed E-state index contributed by atoms with van der Waals surface area (Å²) in [6, 6.07) is 15.3. The van der Waals surface area contributed by atoms with Gasteiger partial charge in [0.15, 0.2) is 0 Å². The zero-order valence-electron chi connectivity index (χ0n) is 16.5. The molecular weight excluding hydrogens is 393 g/mol. The number of nitrogens with zero attached hydrogens (tertiary/aromatic N) is 1. The molecule has 0 aliphatic carbocycles. The first-order chi connectivity index (χ1) is 13.4. The molecule has 1 fully saturated rings. The highest BCUT2D eigenvalue weighted by Crippen LogP contribution is 2.28. The maximum absolute atomic E-state index is 10.6. The van der Waals surface area contributed by atoms with E-state index in [9.17, 15) is 5.11 Å². The molecule has 0 aromatic heterocycles. The van der Waals surface area contributed by atoms with Crippen LogP contribution in [0.1, 0.15) is 37.5 Å². The largest absolute Gasteiger partial charge is 0.389 e. The van der Waals surface area contributed by atoms with E-state index < -0.39 is 6.10 Å². The Morgan fingerprint density at radius 3 is 1.86 bits per heavy atom. The molecule has 0 saturated carbocycles. The Bertz CT molecular complexity index is 680. The first kappa shape index (κ1) is 21.6. The number of halogens is 2. The lowest BCUT2D eigenvalue weighted by Crippen LogP contribution is -2.43. The normalized spacial score (nSPS) is 21.8. The highest BCUT2D eigenvalue weighted by atomic mass is 35.5. The van der Waals surface area contributed by atoms with Crippen LogP contribution in [-0.4, -0.2) is 42.4 Å². The van der Waals surface area contributed by atoms with Crippen molar-refractivity contribution in [3.05, 3.63) is 69.7 Å². The summed E-state index contributed by atoms with van der Waals surface area (Å²) >= 11 is 12.1. The van der Waals surface area contributed by atoms with Crippen molar-refractivity contribution in [2.45, 2.75) is 32.5 Å². The predicted molar refractivity (Wildman–Crippen MR) is 116 cm³/mol. The van der Waals surface area contributed by atoms with Gasteiger partial charge in [-0.1, -0.05) is 61.3 Å². The Morgan fingerprint density at radius 1 is 0.929 bits per heavy atom.